The summed E-state index contributed by atoms with van der Waals surface area (Å²) in [6.07, 6.45) is 1.04. The Balaban J connectivity index is 1.48. The number of hydrogen-bond donors (Lipinski definition) is 3. The van der Waals surface area contributed by atoms with Crippen LogP contribution in [-0.4, -0.2) is 21.1 Å². The minimum Gasteiger partial charge on any atom is -0.507 e. The van der Waals surface area contributed by atoms with Crippen LogP contribution in [0.25, 0.3) is 22.6 Å². The lowest BCUT2D eigenvalue weighted by Gasteiger charge is -2.11. The average molecular weight is 474 g/mol. The fraction of sp³-hybridized carbons (Fsp3) is 0.222. The van der Waals surface area contributed by atoms with Crippen LogP contribution in [-0.2, 0) is 0 Å². The second-order valence-corrected chi connectivity index (χ2v) is 8.98. The van der Waals surface area contributed by atoms with E-state index in [0.29, 0.717) is 34.2 Å². The van der Waals surface area contributed by atoms with Gasteiger partial charge in [0.05, 0.1) is 5.56 Å². The van der Waals surface area contributed by atoms with Gasteiger partial charge in [0.1, 0.15) is 11.3 Å². The topological polar surface area (TPSA) is 87.4 Å². The molecule has 3 N–H and O–H groups in total. The summed E-state index contributed by atoms with van der Waals surface area (Å²) in [5.41, 5.74) is 6.16. The third kappa shape index (κ3) is 5.10. The van der Waals surface area contributed by atoms with E-state index in [4.69, 9.17) is 16.6 Å². The maximum absolute atomic E-state index is 12.5. The first-order valence-electron chi connectivity index (χ1n) is 11.2. The SMILES string of the molecule is CCC(C)c1ccc2oc(-c3ccc(NC(=S)NC(=O)c4cc(C)cc(C)c4)cc3O)nc2c1. The van der Waals surface area contributed by atoms with Gasteiger partial charge in [-0.15, -0.1) is 0 Å². The van der Waals surface area contributed by atoms with E-state index < -0.39 is 0 Å². The molecule has 1 amide bonds. The molecule has 34 heavy (non-hydrogen) atoms. The quantitative estimate of drug-likeness (QED) is 0.289. The summed E-state index contributed by atoms with van der Waals surface area (Å²) in [6.45, 7) is 8.20. The third-order valence-electron chi connectivity index (χ3n) is 5.79. The molecule has 0 fully saturated rings. The highest BCUT2D eigenvalue weighted by Crippen LogP contribution is 2.34. The highest BCUT2D eigenvalue weighted by molar-refractivity contribution is 7.80. The molecule has 0 aliphatic carbocycles. The van der Waals surface area contributed by atoms with Crippen LogP contribution in [0.5, 0.6) is 5.75 Å². The Morgan fingerprint density at radius 2 is 1.82 bits per heavy atom. The molecule has 4 rings (SSSR count). The van der Waals surface area contributed by atoms with Crippen molar-refractivity contribution < 1.29 is 14.3 Å². The third-order valence-corrected chi connectivity index (χ3v) is 5.99. The van der Waals surface area contributed by atoms with Crippen molar-refractivity contribution in [2.45, 2.75) is 40.0 Å². The maximum Gasteiger partial charge on any atom is 0.257 e. The summed E-state index contributed by atoms with van der Waals surface area (Å²) in [7, 11) is 0. The Morgan fingerprint density at radius 3 is 2.50 bits per heavy atom. The fourth-order valence-electron chi connectivity index (χ4n) is 3.84. The van der Waals surface area contributed by atoms with Gasteiger partial charge in [-0.25, -0.2) is 4.98 Å². The van der Waals surface area contributed by atoms with Gasteiger partial charge in [0.15, 0.2) is 10.7 Å². The Morgan fingerprint density at radius 1 is 1.09 bits per heavy atom. The molecule has 0 spiro atoms. The fourth-order valence-corrected chi connectivity index (χ4v) is 4.05. The molecular formula is C27H27N3O3S. The standard InChI is InChI=1S/C27H27N3O3S/c1-5-17(4)18-6-9-24-22(13-18)29-26(33-24)21-8-7-20(14-23(21)31)28-27(34)30-25(32)19-11-15(2)10-16(3)12-19/h6-14,17,31H,5H2,1-4H3,(H2,28,30,32,34). The van der Waals surface area contributed by atoms with E-state index in [1.54, 1.807) is 24.3 Å². The lowest BCUT2D eigenvalue weighted by molar-refractivity contribution is 0.0977. The van der Waals surface area contributed by atoms with E-state index in [0.717, 1.165) is 23.1 Å². The van der Waals surface area contributed by atoms with E-state index in [-0.39, 0.29) is 16.8 Å². The first kappa shape index (κ1) is 23.4. The summed E-state index contributed by atoms with van der Waals surface area (Å²) in [5.74, 6) is 0.462. The van der Waals surface area contributed by atoms with E-state index >= 15 is 0 Å². The number of anilines is 1. The molecule has 3 aromatic carbocycles. The number of nitrogens with zero attached hydrogens (tertiary/aromatic N) is 1. The van der Waals surface area contributed by atoms with Gasteiger partial charge in [0.2, 0.25) is 5.89 Å². The lowest BCUT2D eigenvalue weighted by atomic mass is 9.98. The number of phenolic OH excluding ortho intramolecular Hbond substituents is 1. The number of thiocarbonyl (C=S) groups is 1. The van der Waals surface area contributed by atoms with E-state index in [1.165, 1.54) is 11.6 Å². The molecule has 1 aromatic heterocycles. The van der Waals surface area contributed by atoms with Crippen molar-refractivity contribution in [2.75, 3.05) is 5.32 Å². The number of aryl methyl sites for hydroxylation is 2. The number of hydrogen-bond acceptors (Lipinski definition) is 5. The predicted octanol–water partition coefficient (Wildman–Crippen LogP) is 6.46. The molecule has 0 aliphatic heterocycles. The highest BCUT2D eigenvalue weighted by atomic mass is 32.1. The Labute approximate surface area is 204 Å². The van der Waals surface area contributed by atoms with E-state index in [1.807, 2.05) is 38.1 Å². The summed E-state index contributed by atoms with van der Waals surface area (Å²) >= 11 is 5.28. The van der Waals surface area contributed by atoms with Crippen LogP contribution in [0, 0.1) is 13.8 Å². The van der Waals surface area contributed by atoms with Gasteiger partial charge in [0.25, 0.3) is 5.91 Å². The number of aromatic hydroxyl groups is 1. The van der Waals surface area contributed by atoms with Crippen molar-refractivity contribution in [2.24, 2.45) is 0 Å². The monoisotopic (exact) mass is 473 g/mol. The molecule has 6 nitrogen and oxygen atoms in total. The van der Waals surface area contributed by atoms with Crippen LogP contribution in [0.3, 0.4) is 0 Å². The van der Waals surface area contributed by atoms with Crippen LogP contribution < -0.4 is 10.6 Å². The van der Waals surface area contributed by atoms with Crippen LogP contribution in [0.1, 0.15) is 53.2 Å². The Hall–Kier alpha value is -3.71. The molecule has 0 aliphatic rings. The zero-order valence-corrected chi connectivity index (χ0v) is 20.4. The van der Waals surface area contributed by atoms with E-state index in [9.17, 15) is 9.90 Å². The molecule has 0 saturated heterocycles. The predicted molar refractivity (Wildman–Crippen MR) is 139 cm³/mol. The van der Waals surface area contributed by atoms with Gasteiger partial charge < -0.3 is 14.8 Å². The number of aromatic nitrogens is 1. The van der Waals surface area contributed by atoms with Gasteiger partial charge in [-0.2, -0.15) is 0 Å². The van der Waals surface area contributed by atoms with Crippen LogP contribution >= 0.6 is 12.2 Å². The summed E-state index contributed by atoms with van der Waals surface area (Å²) < 4.78 is 5.87. The molecule has 0 saturated carbocycles. The van der Waals surface area contributed by atoms with Crippen LogP contribution in [0.4, 0.5) is 5.69 Å². The second kappa shape index (κ2) is 9.65. The average Bonchev–Trinajstić information content (AvgIpc) is 3.20. The molecule has 1 atom stereocenters. The highest BCUT2D eigenvalue weighted by Gasteiger charge is 2.15. The first-order chi connectivity index (χ1) is 16.2. The van der Waals surface area contributed by atoms with Crippen molar-refractivity contribution >= 4 is 40.0 Å². The number of rotatable bonds is 5. The van der Waals surface area contributed by atoms with Crippen molar-refractivity contribution in [3.05, 3.63) is 76.9 Å². The van der Waals surface area contributed by atoms with Gasteiger partial charge >= 0.3 is 0 Å². The molecule has 7 heteroatoms. The molecule has 0 bridgehead atoms. The number of carbonyl (C=O) groups is 1. The molecule has 1 unspecified atom stereocenters. The van der Waals surface area contributed by atoms with Gasteiger partial charge in [-0.05, 0) is 80.4 Å². The van der Waals surface area contributed by atoms with Gasteiger partial charge in [0, 0.05) is 17.3 Å². The maximum atomic E-state index is 12.5. The molecule has 1 heterocycles. The minimum absolute atomic E-state index is 0.0119. The second-order valence-electron chi connectivity index (χ2n) is 8.57. The number of fused-ring (bicyclic) bond motifs is 1. The summed E-state index contributed by atoms with van der Waals surface area (Å²) in [5, 5.41) is 16.4. The van der Waals surface area contributed by atoms with Crippen LogP contribution in [0.15, 0.2) is 59.0 Å². The largest absolute Gasteiger partial charge is 0.507 e. The van der Waals surface area contributed by atoms with E-state index in [2.05, 4.69) is 29.5 Å². The summed E-state index contributed by atoms with van der Waals surface area (Å²) in [6, 6.07) is 16.6. The number of amides is 1. The number of oxazole rings is 1. The smallest absolute Gasteiger partial charge is 0.257 e. The Bertz CT molecular complexity index is 1370. The normalized spacial score (nSPS) is 11.9. The van der Waals surface area contributed by atoms with Gasteiger partial charge in [-0.1, -0.05) is 37.1 Å². The summed E-state index contributed by atoms with van der Waals surface area (Å²) in [4.78, 5) is 17.1. The zero-order chi connectivity index (χ0) is 24.4. The van der Waals surface area contributed by atoms with Crippen molar-refractivity contribution in [3.63, 3.8) is 0 Å². The minimum atomic E-state index is -0.298. The molecule has 174 valence electrons. The zero-order valence-electron chi connectivity index (χ0n) is 19.6. The first-order valence-corrected chi connectivity index (χ1v) is 11.6. The molecular weight excluding hydrogens is 446 g/mol. The lowest BCUT2D eigenvalue weighted by Crippen LogP contribution is -2.34. The van der Waals surface area contributed by atoms with Crippen molar-refractivity contribution in [1.82, 2.24) is 10.3 Å². The molecule has 4 aromatic rings. The van der Waals surface area contributed by atoms with Gasteiger partial charge in [-0.3, -0.25) is 10.1 Å². The Kier molecular flexibility index (Phi) is 6.65. The number of benzene rings is 3. The van der Waals surface area contributed by atoms with Crippen molar-refractivity contribution in [3.8, 4) is 17.2 Å². The van der Waals surface area contributed by atoms with Crippen molar-refractivity contribution in [1.29, 1.82) is 0 Å². The number of carbonyl (C=O) groups excluding carboxylic acids is 1. The number of phenols is 1. The number of nitrogens with one attached hydrogen (secondary N) is 2. The van der Waals surface area contributed by atoms with Crippen LogP contribution in [0.2, 0.25) is 0 Å². The molecule has 0 radical (unpaired) electrons.